The number of aromatic nitrogens is 4. The second kappa shape index (κ2) is 4.03. The van der Waals surface area contributed by atoms with Crippen molar-refractivity contribution in [2.24, 2.45) is 0 Å². The van der Waals surface area contributed by atoms with Gasteiger partial charge in [-0.2, -0.15) is 0 Å². The van der Waals surface area contributed by atoms with E-state index in [1.165, 1.54) is 0 Å². The van der Waals surface area contributed by atoms with Gasteiger partial charge in [-0.25, -0.2) is 9.67 Å². The predicted octanol–water partition coefficient (Wildman–Crippen LogP) is 2.55. The number of pyridine rings is 2. The van der Waals surface area contributed by atoms with Gasteiger partial charge in [-0.05, 0) is 18.2 Å². The van der Waals surface area contributed by atoms with Gasteiger partial charge >= 0.3 is 0 Å². The molecule has 5 nitrogen and oxygen atoms in total. The average molecular weight is 261 g/mol. The molecular weight excluding hydrogens is 250 g/mol. The summed E-state index contributed by atoms with van der Waals surface area (Å²) in [7, 11) is 0. The summed E-state index contributed by atoms with van der Waals surface area (Å²) in [6.45, 7) is 0. The lowest BCUT2D eigenvalue weighted by Gasteiger charge is -2.05. The van der Waals surface area contributed by atoms with Crippen molar-refractivity contribution in [2.45, 2.75) is 0 Å². The standard InChI is InChI=1S/C15H11N5/c16-12-7-9-20(19-12)13-6-5-11-4-3-10-2-1-8-17-14(10)15(11)18-13/h1-9H,(H2,16,19). The van der Waals surface area contributed by atoms with Crippen LogP contribution < -0.4 is 5.73 Å². The number of rotatable bonds is 1. The zero-order valence-corrected chi connectivity index (χ0v) is 10.6. The minimum Gasteiger partial charge on any atom is -0.382 e. The van der Waals surface area contributed by atoms with Crippen LogP contribution in [0.25, 0.3) is 27.6 Å². The van der Waals surface area contributed by atoms with Gasteiger partial charge in [-0.3, -0.25) is 4.98 Å². The van der Waals surface area contributed by atoms with Crippen molar-refractivity contribution >= 4 is 27.6 Å². The number of hydrogen-bond acceptors (Lipinski definition) is 4. The van der Waals surface area contributed by atoms with Gasteiger partial charge in [0.05, 0.1) is 11.0 Å². The predicted molar refractivity (Wildman–Crippen MR) is 78.6 cm³/mol. The molecule has 0 saturated heterocycles. The molecule has 0 amide bonds. The molecule has 0 atom stereocenters. The van der Waals surface area contributed by atoms with E-state index in [2.05, 4.69) is 21.1 Å². The molecule has 0 spiro atoms. The topological polar surface area (TPSA) is 69.6 Å². The van der Waals surface area contributed by atoms with Crippen LogP contribution in [0.2, 0.25) is 0 Å². The molecule has 0 radical (unpaired) electrons. The molecule has 4 aromatic rings. The summed E-state index contributed by atoms with van der Waals surface area (Å²) in [6, 6.07) is 13.7. The first-order valence-corrected chi connectivity index (χ1v) is 6.27. The van der Waals surface area contributed by atoms with Crippen LogP contribution >= 0.6 is 0 Å². The Morgan fingerprint density at radius 2 is 1.70 bits per heavy atom. The molecule has 0 aliphatic carbocycles. The van der Waals surface area contributed by atoms with Crippen LogP contribution in [0.1, 0.15) is 0 Å². The summed E-state index contributed by atoms with van der Waals surface area (Å²) in [6.07, 6.45) is 3.57. The lowest BCUT2D eigenvalue weighted by molar-refractivity contribution is 0.858. The average Bonchev–Trinajstić information content (AvgIpc) is 2.93. The number of fused-ring (bicyclic) bond motifs is 3. The molecule has 5 heteroatoms. The van der Waals surface area contributed by atoms with Crippen LogP contribution in [-0.4, -0.2) is 19.7 Å². The zero-order valence-electron chi connectivity index (χ0n) is 10.6. The fourth-order valence-electron chi connectivity index (χ4n) is 2.31. The molecular formula is C15H11N5. The Labute approximate surface area is 114 Å². The SMILES string of the molecule is Nc1ccn(-c2ccc3ccc4cccnc4c3n2)n1. The molecule has 3 heterocycles. The molecule has 0 bridgehead atoms. The maximum atomic E-state index is 5.65. The van der Waals surface area contributed by atoms with Crippen molar-refractivity contribution in [1.82, 2.24) is 19.7 Å². The van der Waals surface area contributed by atoms with E-state index >= 15 is 0 Å². The minimum atomic E-state index is 0.475. The summed E-state index contributed by atoms with van der Waals surface area (Å²) in [4.78, 5) is 9.10. The van der Waals surface area contributed by atoms with Gasteiger partial charge in [0.25, 0.3) is 0 Å². The molecule has 0 unspecified atom stereocenters. The van der Waals surface area contributed by atoms with Gasteiger partial charge in [0.1, 0.15) is 5.82 Å². The summed E-state index contributed by atoms with van der Waals surface area (Å²) in [5.74, 6) is 1.20. The van der Waals surface area contributed by atoms with E-state index in [0.717, 1.165) is 27.6 Å². The quantitative estimate of drug-likeness (QED) is 0.534. The highest BCUT2D eigenvalue weighted by atomic mass is 15.3. The number of anilines is 1. The monoisotopic (exact) mass is 261 g/mol. The fourth-order valence-corrected chi connectivity index (χ4v) is 2.31. The molecule has 4 rings (SSSR count). The molecule has 0 aliphatic heterocycles. The van der Waals surface area contributed by atoms with Crippen molar-refractivity contribution in [3.05, 3.63) is 54.9 Å². The summed E-state index contributed by atoms with van der Waals surface area (Å²) in [5.41, 5.74) is 7.41. The number of nitrogens with two attached hydrogens (primary N) is 1. The smallest absolute Gasteiger partial charge is 0.154 e. The molecule has 0 saturated carbocycles. The third-order valence-corrected chi connectivity index (χ3v) is 3.26. The van der Waals surface area contributed by atoms with Crippen molar-refractivity contribution in [3.63, 3.8) is 0 Å². The molecule has 1 aromatic carbocycles. The molecule has 0 fully saturated rings. The van der Waals surface area contributed by atoms with Crippen molar-refractivity contribution in [3.8, 4) is 5.82 Å². The maximum Gasteiger partial charge on any atom is 0.154 e. The van der Waals surface area contributed by atoms with Crippen molar-refractivity contribution in [1.29, 1.82) is 0 Å². The molecule has 96 valence electrons. The Morgan fingerprint density at radius 1 is 0.900 bits per heavy atom. The van der Waals surface area contributed by atoms with E-state index in [9.17, 15) is 0 Å². The second-order valence-corrected chi connectivity index (χ2v) is 4.57. The molecule has 0 aliphatic rings. The Hall–Kier alpha value is -2.95. The number of nitrogen functional groups attached to an aromatic ring is 1. The normalized spacial score (nSPS) is 11.2. The van der Waals surface area contributed by atoms with Crippen molar-refractivity contribution in [2.75, 3.05) is 5.73 Å². The molecule has 3 aromatic heterocycles. The van der Waals surface area contributed by atoms with Gasteiger partial charge in [0, 0.05) is 29.2 Å². The third kappa shape index (κ3) is 1.60. The van der Waals surface area contributed by atoms with Crippen LogP contribution in [0.3, 0.4) is 0 Å². The van der Waals surface area contributed by atoms with E-state index in [0.29, 0.717) is 5.82 Å². The van der Waals surface area contributed by atoms with Gasteiger partial charge in [0.15, 0.2) is 5.82 Å². The second-order valence-electron chi connectivity index (χ2n) is 4.57. The highest BCUT2D eigenvalue weighted by molar-refractivity contribution is 6.02. The first-order chi connectivity index (χ1) is 9.81. The Bertz CT molecular complexity index is 926. The first-order valence-electron chi connectivity index (χ1n) is 6.27. The van der Waals surface area contributed by atoms with E-state index in [-0.39, 0.29) is 0 Å². The van der Waals surface area contributed by atoms with E-state index < -0.39 is 0 Å². The van der Waals surface area contributed by atoms with Crippen LogP contribution in [0, 0.1) is 0 Å². The van der Waals surface area contributed by atoms with Crippen LogP contribution in [0.4, 0.5) is 5.82 Å². The van der Waals surface area contributed by atoms with Crippen LogP contribution in [-0.2, 0) is 0 Å². The van der Waals surface area contributed by atoms with Gasteiger partial charge in [0.2, 0.25) is 0 Å². The maximum absolute atomic E-state index is 5.65. The van der Waals surface area contributed by atoms with E-state index in [1.54, 1.807) is 23.1 Å². The number of nitrogens with zero attached hydrogens (tertiary/aromatic N) is 4. The molecule has 20 heavy (non-hydrogen) atoms. The summed E-state index contributed by atoms with van der Waals surface area (Å²) < 4.78 is 1.66. The van der Waals surface area contributed by atoms with E-state index in [1.807, 2.05) is 30.3 Å². The zero-order chi connectivity index (χ0) is 13.5. The number of hydrogen-bond donors (Lipinski definition) is 1. The van der Waals surface area contributed by atoms with Gasteiger partial charge < -0.3 is 5.73 Å². The third-order valence-electron chi connectivity index (χ3n) is 3.26. The minimum absolute atomic E-state index is 0.475. The highest BCUT2D eigenvalue weighted by Crippen LogP contribution is 2.22. The Kier molecular flexibility index (Phi) is 2.20. The van der Waals surface area contributed by atoms with Crippen LogP contribution in [0.15, 0.2) is 54.9 Å². The first kappa shape index (κ1) is 10.9. The lowest BCUT2D eigenvalue weighted by atomic mass is 10.1. The van der Waals surface area contributed by atoms with Gasteiger partial charge in [-0.15, -0.1) is 5.10 Å². The Morgan fingerprint density at radius 3 is 2.50 bits per heavy atom. The van der Waals surface area contributed by atoms with Gasteiger partial charge in [-0.1, -0.05) is 18.2 Å². The van der Waals surface area contributed by atoms with Crippen LogP contribution in [0.5, 0.6) is 0 Å². The lowest BCUT2D eigenvalue weighted by Crippen LogP contribution is -1.99. The highest BCUT2D eigenvalue weighted by Gasteiger charge is 2.06. The van der Waals surface area contributed by atoms with E-state index in [4.69, 9.17) is 5.73 Å². The Balaban J connectivity index is 2.04. The fraction of sp³-hybridized carbons (Fsp3) is 0. The molecule has 2 N–H and O–H groups in total. The van der Waals surface area contributed by atoms with Crippen molar-refractivity contribution < 1.29 is 0 Å². The number of benzene rings is 1. The summed E-state index contributed by atoms with van der Waals surface area (Å²) >= 11 is 0. The summed E-state index contributed by atoms with van der Waals surface area (Å²) in [5, 5.41) is 6.31. The largest absolute Gasteiger partial charge is 0.382 e.